The van der Waals surface area contributed by atoms with Crippen molar-refractivity contribution in [2.24, 2.45) is 0 Å². The summed E-state index contributed by atoms with van der Waals surface area (Å²) in [4.78, 5) is 0.989. The third kappa shape index (κ3) is 3.79. The number of benzene rings is 1. The van der Waals surface area contributed by atoms with Crippen LogP contribution in [0, 0.1) is 5.82 Å². The van der Waals surface area contributed by atoms with Gasteiger partial charge in [-0.1, -0.05) is 13.0 Å². The summed E-state index contributed by atoms with van der Waals surface area (Å²) in [6.45, 7) is 3.05. The molecule has 0 aliphatic rings. The molecule has 0 bridgehead atoms. The zero-order valence-electron chi connectivity index (χ0n) is 7.88. The maximum atomic E-state index is 12.8. The first-order chi connectivity index (χ1) is 6.22. The summed E-state index contributed by atoms with van der Waals surface area (Å²) in [5, 5.41) is 3.55. The maximum Gasteiger partial charge on any atom is 0.124 e. The zero-order valence-corrected chi connectivity index (χ0v) is 8.70. The van der Waals surface area contributed by atoms with E-state index in [1.807, 2.05) is 13.1 Å². The zero-order chi connectivity index (χ0) is 9.68. The smallest absolute Gasteiger partial charge is 0.124 e. The van der Waals surface area contributed by atoms with Gasteiger partial charge >= 0.3 is 0 Å². The van der Waals surface area contributed by atoms with Gasteiger partial charge in [0.15, 0.2) is 0 Å². The Bertz CT molecular complexity index is 265. The molecule has 0 heterocycles. The molecule has 1 N–H and O–H groups in total. The number of nitrogens with one attached hydrogen (secondary N) is 1. The fraction of sp³-hybridized carbons (Fsp3) is 0.400. The van der Waals surface area contributed by atoms with Crippen molar-refractivity contribution in [1.29, 1.82) is 0 Å². The van der Waals surface area contributed by atoms with Crippen LogP contribution in [-0.2, 0) is 0 Å². The summed E-state index contributed by atoms with van der Waals surface area (Å²) in [5.74, 6) is -0.165. The van der Waals surface area contributed by atoms with Gasteiger partial charge < -0.3 is 5.32 Å². The number of hydrogen-bond donors (Lipinski definition) is 1. The van der Waals surface area contributed by atoms with E-state index in [9.17, 15) is 4.39 Å². The molecule has 13 heavy (non-hydrogen) atoms. The number of hydrogen-bond acceptors (Lipinski definition) is 2. The molecule has 0 radical (unpaired) electrons. The summed E-state index contributed by atoms with van der Waals surface area (Å²) < 4.78 is 12.8. The fourth-order valence-electron chi connectivity index (χ4n) is 1.10. The molecule has 72 valence electrons. The van der Waals surface area contributed by atoms with Crippen molar-refractivity contribution in [3.8, 4) is 0 Å². The monoisotopic (exact) mass is 199 g/mol. The predicted octanol–water partition coefficient (Wildman–Crippen LogP) is 2.53. The van der Waals surface area contributed by atoms with Gasteiger partial charge in [0.1, 0.15) is 5.82 Å². The van der Waals surface area contributed by atoms with E-state index in [0.29, 0.717) is 5.25 Å². The highest BCUT2D eigenvalue weighted by atomic mass is 32.2. The van der Waals surface area contributed by atoms with Gasteiger partial charge in [-0.05, 0) is 25.2 Å². The first-order valence-corrected chi connectivity index (χ1v) is 5.17. The highest BCUT2D eigenvalue weighted by Gasteiger charge is 2.03. The van der Waals surface area contributed by atoms with Gasteiger partial charge in [0, 0.05) is 16.7 Å². The standard InChI is InChI=1S/C10H14FNS/c1-8(7-12-2)13-10-5-3-4-9(11)6-10/h3-6,8,12H,7H2,1-2H3. The van der Waals surface area contributed by atoms with Crippen molar-refractivity contribution < 1.29 is 4.39 Å². The van der Waals surface area contributed by atoms with E-state index in [1.165, 1.54) is 6.07 Å². The summed E-state index contributed by atoms with van der Waals surface area (Å²) >= 11 is 1.68. The molecule has 0 saturated heterocycles. The normalized spacial score (nSPS) is 12.8. The van der Waals surface area contributed by atoms with E-state index in [1.54, 1.807) is 23.9 Å². The van der Waals surface area contributed by atoms with Gasteiger partial charge in [-0.25, -0.2) is 4.39 Å². The second kappa shape index (κ2) is 5.25. The minimum atomic E-state index is -0.165. The molecule has 0 spiro atoms. The number of halogens is 1. The van der Waals surface area contributed by atoms with Crippen LogP contribution in [0.3, 0.4) is 0 Å². The average molecular weight is 199 g/mol. The van der Waals surface area contributed by atoms with Crippen molar-refractivity contribution in [3.63, 3.8) is 0 Å². The molecule has 0 fully saturated rings. The van der Waals surface area contributed by atoms with Gasteiger partial charge in [0.2, 0.25) is 0 Å². The topological polar surface area (TPSA) is 12.0 Å². The van der Waals surface area contributed by atoms with E-state index < -0.39 is 0 Å². The van der Waals surface area contributed by atoms with Crippen LogP contribution in [0.15, 0.2) is 29.2 Å². The summed E-state index contributed by atoms with van der Waals surface area (Å²) in [5.41, 5.74) is 0. The van der Waals surface area contributed by atoms with Crippen molar-refractivity contribution >= 4 is 11.8 Å². The molecular formula is C10H14FNS. The summed E-state index contributed by atoms with van der Waals surface area (Å²) in [6.07, 6.45) is 0. The lowest BCUT2D eigenvalue weighted by molar-refractivity contribution is 0.624. The van der Waals surface area contributed by atoms with Crippen LogP contribution >= 0.6 is 11.8 Å². The summed E-state index contributed by atoms with van der Waals surface area (Å²) in [6, 6.07) is 6.70. The Morgan fingerprint density at radius 3 is 2.92 bits per heavy atom. The molecule has 1 unspecified atom stereocenters. The third-order valence-corrected chi connectivity index (χ3v) is 2.72. The van der Waals surface area contributed by atoms with Crippen LogP contribution in [0.2, 0.25) is 0 Å². The largest absolute Gasteiger partial charge is 0.319 e. The lowest BCUT2D eigenvalue weighted by atomic mass is 10.3. The molecule has 0 aromatic heterocycles. The van der Waals surface area contributed by atoms with Gasteiger partial charge in [-0.3, -0.25) is 0 Å². The maximum absolute atomic E-state index is 12.8. The van der Waals surface area contributed by atoms with Crippen molar-refractivity contribution in [3.05, 3.63) is 30.1 Å². The minimum absolute atomic E-state index is 0.165. The van der Waals surface area contributed by atoms with E-state index in [0.717, 1.165) is 11.4 Å². The Kier molecular flexibility index (Phi) is 4.25. The Balaban J connectivity index is 2.53. The molecule has 0 saturated carbocycles. The Morgan fingerprint density at radius 1 is 1.54 bits per heavy atom. The quantitative estimate of drug-likeness (QED) is 0.748. The molecule has 1 aromatic rings. The molecule has 1 atom stereocenters. The second-order valence-electron chi connectivity index (χ2n) is 2.94. The highest BCUT2D eigenvalue weighted by molar-refractivity contribution is 8.00. The number of thioether (sulfide) groups is 1. The molecule has 0 amide bonds. The molecule has 0 aliphatic carbocycles. The van der Waals surface area contributed by atoms with Gasteiger partial charge in [0.05, 0.1) is 0 Å². The lowest BCUT2D eigenvalue weighted by Crippen LogP contribution is -2.17. The molecule has 3 heteroatoms. The fourth-order valence-corrected chi connectivity index (χ4v) is 2.15. The first kappa shape index (κ1) is 10.5. The molecule has 0 aliphatic heterocycles. The lowest BCUT2D eigenvalue weighted by Gasteiger charge is -2.09. The SMILES string of the molecule is CNCC(C)Sc1cccc(F)c1. The van der Waals surface area contributed by atoms with E-state index in [-0.39, 0.29) is 5.82 Å². The summed E-state index contributed by atoms with van der Waals surface area (Å²) in [7, 11) is 1.92. The molecular weight excluding hydrogens is 185 g/mol. The Hall–Kier alpha value is -0.540. The Labute approximate surface area is 82.7 Å². The predicted molar refractivity (Wildman–Crippen MR) is 55.6 cm³/mol. The van der Waals surface area contributed by atoms with Crippen LogP contribution in [0.4, 0.5) is 4.39 Å². The molecule has 1 aromatic carbocycles. The van der Waals surface area contributed by atoms with Crippen molar-refractivity contribution in [2.45, 2.75) is 17.1 Å². The minimum Gasteiger partial charge on any atom is -0.319 e. The van der Waals surface area contributed by atoms with Crippen LogP contribution in [-0.4, -0.2) is 18.8 Å². The third-order valence-electron chi connectivity index (χ3n) is 1.62. The van der Waals surface area contributed by atoms with Gasteiger partial charge in [0.25, 0.3) is 0 Å². The highest BCUT2D eigenvalue weighted by Crippen LogP contribution is 2.22. The van der Waals surface area contributed by atoms with Crippen LogP contribution in [0.25, 0.3) is 0 Å². The van der Waals surface area contributed by atoms with E-state index in [4.69, 9.17) is 0 Å². The first-order valence-electron chi connectivity index (χ1n) is 4.29. The van der Waals surface area contributed by atoms with E-state index >= 15 is 0 Å². The Morgan fingerprint density at radius 2 is 2.31 bits per heavy atom. The van der Waals surface area contributed by atoms with Crippen molar-refractivity contribution in [1.82, 2.24) is 5.32 Å². The molecule has 1 rings (SSSR count). The van der Waals surface area contributed by atoms with Gasteiger partial charge in [-0.2, -0.15) is 0 Å². The van der Waals surface area contributed by atoms with Crippen LogP contribution in [0.5, 0.6) is 0 Å². The average Bonchev–Trinajstić information content (AvgIpc) is 2.04. The van der Waals surface area contributed by atoms with Crippen LogP contribution < -0.4 is 5.32 Å². The second-order valence-corrected chi connectivity index (χ2v) is 4.46. The van der Waals surface area contributed by atoms with Crippen molar-refractivity contribution in [2.75, 3.05) is 13.6 Å². The van der Waals surface area contributed by atoms with E-state index in [2.05, 4.69) is 12.2 Å². The molecule has 1 nitrogen and oxygen atoms in total. The number of rotatable bonds is 4. The van der Waals surface area contributed by atoms with Gasteiger partial charge in [-0.15, -0.1) is 11.8 Å². The van der Waals surface area contributed by atoms with Crippen LogP contribution in [0.1, 0.15) is 6.92 Å².